The van der Waals surface area contributed by atoms with Gasteiger partial charge in [0, 0.05) is 35.6 Å². The Morgan fingerprint density at radius 1 is 0.636 bits per heavy atom. The highest BCUT2D eigenvalue weighted by Gasteiger charge is 2.45. The normalized spacial score (nSPS) is 15.4. The molecule has 1 heterocycles. The van der Waals surface area contributed by atoms with Crippen LogP contribution >= 0.6 is 0 Å². The molecule has 0 aromatic heterocycles. The molecule has 274 valence electrons. The molecule has 0 saturated carbocycles. The van der Waals surface area contributed by atoms with Crippen LogP contribution in [0.1, 0.15) is 52.1 Å². The van der Waals surface area contributed by atoms with Gasteiger partial charge in [-0.3, -0.25) is 4.79 Å². The number of likely N-dealkylation sites (tertiary alicyclic amines) is 1. The van der Waals surface area contributed by atoms with Gasteiger partial charge in [-0.15, -0.1) is 0 Å². The van der Waals surface area contributed by atoms with E-state index < -0.39 is 29.7 Å². The number of benzene rings is 6. The number of hydrogen-bond acceptors (Lipinski definition) is 5. The van der Waals surface area contributed by atoms with Gasteiger partial charge in [0.25, 0.3) is 0 Å². The van der Waals surface area contributed by atoms with Crippen LogP contribution in [0.15, 0.2) is 170 Å². The Morgan fingerprint density at radius 3 is 1.64 bits per heavy atom. The van der Waals surface area contributed by atoms with E-state index in [2.05, 4.69) is 29.6 Å². The van der Waals surface area contributed by atoms with Gasteiger partial charge in [-0.2, -0.15) is 0 Å². The van der Waals surface area contributed by atoms with Gasteiger partial charge in [-0.25, -0.2) is 9.59 Å². The average molecular weight is 727 g/mol. The van der Waals surface area contributed by atoms with Crippen LogP contribution in [-0.2, 0) is 31.1 Å². The summed E-state index contributed by atoms with van der Waals surface area (Å²) >= 11 is 0. The summed E-state index contributed by atoms with van der Waals surface area (Å²) in [6.45, 7) is 0.469. The highest BCUT2D eigenvalue weighted by molar-refractivity contribution is 5.91. The molecule has 1 N–H and O–H groups in total. The topological polar surface area (TPSA) is 84.9 Å². The van der Waals surface area contributed by atoms with Crippen molar-refractivity contribution in [1.29, 1.82) is 0 Å². The van der Waals surface area contributed by atoms with Crippen molar-refractivity contribution in [1.82, 2.24) is 10.2 Å². The largest absolute Gasteiger partial charge is 0.449 e. The molecule has 7 nitrogen and oxygen atoms in total. The van der Waals surface area contributed by atoms with Gasteiger partial charge in [0.15, 0.2) is 5.60 Å². The summed E-state index contributed by atoms with van der Waals surface area (Å²) in [5, 5.41) is 2.89. The average Bonchev–Trinajstić information content (AvgIpc) is 3.87. The predicted molar refractivity (Wildman–Crippen MR) is 212 cm³/mol. The highest BCUT2D eigenvalue weighted by Crippen LogP contribution is 2.45. The van der Waals surface area contributed by atoms with Crippen LogP contribution in [-0.4, -0.2) is 48.1 Å². The molecule has 1 saturated heterocycles. The molecule has 0 radical (unpaired) electrons. The van der Waals surface area contributed by atoms with Crippen LogP contribution in [0.3, 0.4) is 0 Å². The number of fused-ring (bicyclic) bond motifs is 3. The smallest absolute Gasteiger partial charge is 0.407 e. The SMILES string of the molecule is O=C(N[C@@H](Cc1ccccc1)C(=O)N1CCC[C@H]1C(=O)OC(c1ccccc1)(c1ccccc1)c1ccccc1)OCC1c2ccccc2-c2ccccc21. The Kier molecular flexibility index (Phi) is 10.3. The maximum absolute atomic E-state index is 14.6. The predicted octanol–water partition coefficient (Wildman–Crippen LogP) is 8.66. The minimum absolute atomic E-state index is 0.116. The van der Waals surface area contributed by atoms with E-state index in [4.69, 9.17) is 9.47 Å². The third-order valence-electron chi connectivity index (χ3n) is 10.8. The maximum Gasteiger partial charge on any atom is 0.407 e. The molecule has 1 aliphatic carbocycles. The number of nitrogens with zero attached hydrogens (tertiary/aromatic N) is 1. The third-order valence-corrected chi connectivity index (χ3v) is 10.8. The van der Waals surface area contributed by atoms with E-state index in [0.717, 1.165) is 44.5 Å². The van der Waals surface area contributed by atoms with Gasteiger partial charge < -0.3 is 19.7 Å². The summed E-state index contributed by atoms with van der Waals surface area (Å²) < 4.78 is 12.6. The zero-order valence-corrected chi connectivity index (χ0v) is 30.4. The molecule has 0 spiro atoms. The first kappa shape index (κ1) is 35.6. The summed E-state index contributed by atoms with van der Waals surface area (Å²) in [4.78, 5) is 44.4. The Hall–Kier alpha value is -6.47. The first-order chi connectivity index (χ1) is 27.0. The lowest BCUT2D eigenvalue weighted by Crippen LogP contribution is -2.53. The van der Waals surface area contributed by atoms with Crippen molar-refractivity contribution in [3.05, 3.63) is 203 Å². The maximum atomic E-state index is 14.6. The summed E-state index contributed by atoms with van der Waals surface area (Å²) in [6, 6.07) is 53.1. The molecule has 2 atom stereocenters. The minimum Gasteiger partial charge on any atom is -0.449 e. The number of carbonyl (C=O) groups is 3. The number of esters is 1. The fourth-order valence-electron chi connectivity index (χ4n) is 8.22. The summed E-state index contributed by atoms with van der Waals surface area (Å²) in [7, 11) is 0. The first-order valence-electron chi connectivity index (χ1n) is 18.9. The van der Waals surface area contributed by atoms with E-state index in [1.807, 2.05) is 146 Å². The lowest BCUT2D eigenvalue weighted by molar-refractivity contribution is -0.162. The first-order valence-corrected chi connectivity index (χ1v) is 18.9. The van der Waals surface area contributed by atoms with Gasteiger partial charge in [0.1, 0.15) is 18.7 Å². The van der Waals surface area contributed by atoms with Crippen molar-refractivity contribution >= 4 is 18.0 Å². The lowest BCUT2D eigenvalue weighted by atomic mass is 9.80. The molecule has 1 aliphatic heterocycles. The molecule has 1 fully saturated rings. The second-order valence-electron chi connectivity index (χ2n) is 14.1. The van der Waals surface area contributed by atoms with Crippen LogP contribution < -0.4 is 5.32 Å². The summed E-state index contributed by atoms with van der Waals surface area (Å²) in [5.41, 5.74) is 6.42. The van der Waals surface area contributed by atoms with Gasteiger partial charge in [-0.1, -0.05) is 170 Å². The second-order valence-corrected chi connectivity index (χ2v) is 14.1. The van der Waals surface area contributed by atoms with Crippen molar-refractivity contribution in [2.75, 3.05) is 13.2 Å². The zero-order chi connectivity index (χ0) is 37.6. The monoisotopic (exact) mass is 726 g/mol. The molecule has 8 rings (SSSR count). The van der Waals surface area contributed by atoms with Crippen LogP contribution in [0, 0.1) is 0 Å². The van der Waals surface area contributed by atoms with Crippen molar-refractivity contribution in [2.24, 2.45) is 0 Å². The quantitative estimate of drug-likeness (QED) is 0.107. The number of ether oxygens (including phenoxy) is 2. The zero-order valence-electron chi connectivity index (χ0n) is 30.4. The Morgan fingerprint density at radius 2 is 1.11 bits per heavy atom. The van der Waals surface area contributed by atoms with Crippen molar-refractivity contribution in [2.45, 2.75) is 42.9 Å². The molecule has 2 aliphatic rings. The fraction of sp³-hybridized carbons (Fsp3) is 0.188. The number of alkyl carbamates (subject to hydrolysis) is 1. The molecule has 0 bridgehead atoms. The van der Waals surface area contributed by atoms with Crippen LogP contribution in [0.25, 0.3) is 11.1 Å². The molecule has 6 aromatic carbocycles. The lowest BCUT2D eigenvalue weighted by Gasteiger charge is -2.37. The van der Waals surface area contributed by atoms with Gasteiger partial charge in [-0.05, 0) is 40.7 Å². The Bertz CT molecular complexity index is 2120. The molecule has 0 unspecified atom stereocenters. The number of hydrogen-bond donors (Lipinski definition) is 1. The van der Waals surface area contributed by atoms with E-state index in [0.29, 0.717) is 19.4 Å². The highest BCUT2D eigenvalue weighted by atomic mass is 16.6. The minimum atomic E-state index is -1.28. The number of carbonyl (C=O) groups excluding carboxylic acids is 3. The van der Waals surface area contributed by atoms with Crippen LogP contribution in [0.5, 0.6) is 0 Å². The summed E-state index contributed by atoms with van der Waals surface area (Å²) in [6.07, 6.45) is 0.584. The third kappa shape index (κ3) is 7.13. The van der Waals surface area contributed by atoms with Crippen molar-refractivity contribution < 1.29 is 23.9 Å². The van der Waals surface area contributed by atoms with E-state index in [1.54, 1.807) is 4.90 Å². The van der Waals surface area contributed by atoms with Crippen LogP contribution in [0.2, 0.25) is 0 Å². The number of rotatable bonds is 11. The number of nitrogens with one attached hydrogen (secondary N) is 1. The van der Waals surface area contributed by atoms with Crippen molar-refractivity contribution in [3.8, 4) is 11.1 Å². The van der Waals surface area contributed by atoms with E-state index in [9.17, 15) is 14.4 Å². The standard InChI is InChI=1S/C48H42N2O5/c51-45(43(32-34-18-5-1-6-19-34)49-47(53)54-33-42-40-28-15-13-26-38(40)39-27-14-16-29-41(39)42)50-31-17-30-44(50)46(52)55-48(35-20-7-2-8-21-35,36-22-9-3-10-23-36)37-24-11-4-12-25-37/h1-16,18-29,42-44H,17,30-33H2,(H,49,53)/t43-,44-/m0/s1. The van der Waals surface area contributed by atoms with Crippen LogP contribution in [0.4, 0.5) is 4.79 Å². The van der Waals surface area contributed by atoms with E-state index in [-0.39, 0.29) is 24.9 Å². The molecular weight excluding hydrogens is 685 g/mol. The molecule has 55 heavy (non-hydrogen) atoms. The van der Waals surface area contributed by atoms with Gasteiger partial charge in [0.2, 0.25) is 5.91 Å². The Labute approximate surface area is 321 Å². The molecule has 2 amide bonds. The van der Waals surface area contributed by atoms with Crippen molar-refractivity contribution in [3.63, 3.8) is 0 Å². The molecular formula is C48H42N2O5. The summed E-state index contributed by atoms with van der Waals surface area (Å²) in [5.74, 6) is -0.998. The van der Waals surface area contributed by atoms with E-state index in [1.165, 1.54) is 0 Å². The number of amides is 2. The van der Waals surface area contributed by atoms with E-state index >= 15 is 0 Å². The fourth-order valence-corrected chi connectivity index (χ4v) is 8.22. The van der Waals surface area contributed by atoms with Gasteiger partial charge in [0.05, 0.1) is 0 Å². The molecule has 6 aromatic rings. The second kappa shape index (κ2) is 15.9. The molecule has 7 heteroatoms. The van der Waals surface area contributed by atoms with Gasteiger partial charge >= 0.3 is 12.1 Å². The Balaban J connectivity index is 1.05.